The van der Waals surface area contributed by atoms with E-state index >= 15 is 0 Å². The zero-order valence-corrected chi connectivity index (χ0v) is 12.0. The Labute approximate surface area is 113 Å². The Kier molecular flexibility index (Phi) is 4.67. The standard InChI is InChI=1S/C8H8Cl4NO2P/c1-15-7-4-2-6(3-5-7)13-16(12,14)8(9,10)11/h2-5H,1H3,(H,13,14)/t16-/m0/s1. The van der Waals surface area contributed by atoms with Crippen LogP contribution in [0.1, 0.15) is 0 Å². The summed E-state index contributed by atoms with van der Waals surface area (Å²) in [5.41, 5.74) is 0.477. The van der Waals surface area contributed by atoms with Gasteiger partial charge in [-0.15, -0.1) is 0 Å². The van der Waals surface area contributed by atoms with Crippen molar-refractivity contribution in [2.24, 2.45) is 0 Å². The monoisotopic (exact) mass is 321 g/mol. The van der Waals surface area contributed by atoms with E-state index in [-0.39, 0.29) is 0 Å². The van der Waals surface area contributed by atoms with E-state index in [1.165, 1.54) is 7.11 Å². The molecule has 1 atom stereocenters. The highest BCUT2D eigenvalue weighted by molar-refractivity contribution is 7.95. The summed E-state index contributed by atoms with van der Waals surface area (Å²) >= 11 is 22.1. The molecule has 0 saturated heterocycles. The SMILES string of the molecule is COc1ccc(N[P@@](=O)(Cl)C(Cl)(Cl)Cl)cc1. The Balaban J connectivity index is 2.85. The van der Waals surface area contributed by atoms with Gasteiger partial charge in [-0.1, -0.05) is 34.8 Å². The molecule has 0 aromatic heterocycles. The maximum absolute atomic E-state index is 11.8. The van der Waals surface area contributed by atoms with E-state index in [0.717, 1.165) is 0 Å². The van der Waals surface area contributed by atoms with Gasteiger partial charge in [0.05, 0.1) is 7.11 Å². The molecule has 0 amide bonds. The third kappa shape index (κ3) is 3.61. The van der Waals surface area contributed by atoms with Crippen LogP contribution in [0, 0.1) is 0 Å². The van der Waals surface area contributed by atoms with Crippen LogP contribution in [0.15, 0.2) is 24.3 Å². The third-order valence-corrected chi connectivity index (χ3v) is 6.82. The van der Waals surface area contributed by atoms with Crippen molar-refractivity contribution in [3.05, 3.63) is 24.3 Å². The molecule has 0 spiro atoms. The van der Waals surface area contributed by atoms with Crippen LogP contribution in [0.3, 0.4) is 0 Å². The molecular formula is C8H8Cl4NO2P. The van der Waals surface area contributed by atoms with E-state index in [4.69, 9.17) is 50.8 Å². The molecule has 0 fully saturated rings. The average molecular weight is 323 g/mol. The molecule has 90 valence electrons. The lowest BCUT2D eigenvalue weighted by molar-refractivity contribution is 0.415. The van der Waals surface area contributed by atoms with Crippen LogP contribution < -0.4 is 9.82 Å². The van der Waals surface area contributed by atoms with Gasteiger partial charge in [0.2, 0.25) is 0 Å². The van der Waals surface area contributed by atoms with Gasteiger partial charge in [-0.2, -0.15) is 0 Å². The fourth-order valence-electron chi connectivity index (χ4n) is 0.895. The molecule has 3 nitrogen and oxygen atoms in total. The van der Waals surface area contributed by atoms with Crippen molar-refractivity contribution in [2.75, 3.05) is 12.2 Å². The maximum Gasteiger partial charge on any atom is 0.305 e. The zero-order valence-electron chi connectivity index (χ0n) is 8.08. The number of benzene rings is 1. The van der Waals surface area contributed by atoms with Crippen LogP contribution in [-0.4, -0.2) is 10.6 Å². The van der Waals surface area contributed by atoms with Gasteiger partial charge in [0.15, 0.2) is 0 Å². The van der Waals surface area contributed by atoms with Crippen LogP contribution >= 0.6 is 52.7 Å². The molecule has 1 N–H and O–H groups in total. The molecule has 1 aromatic rings. The van der Waals surface area contributed by atoms with Crippen molar-refractivity contribution in [3.8, 4) is 5.75 Å². The lowest BCUT2D eigenvalue weighted by atomic mass is 10.3. The largest absolute Gasteiger partial charge is 0.497 e. The van der Waals surface area contributed by atoms with Crippen LogP contribution in [0.4, 0.5) is 5.69 Å². The molecule has 0 aliphatic heterocycles. The summed E-state index contributed by atoms with van der Waals surface area (Å²) < 4.78 is 14.7. The number of hydrogen-bond acceptors (Lipinski definition) is 2. The van der Waals surface area contributed by atoms with Crippen molar-refractivity contribution >= 4 is 58.4 Å². The third-order valence-electron chi connectivity index (χ3n) is 1.69. The van der Waals surface area contributed by atoms with Gasteiger partial charge < -0.3 is 9.82 Å². The van der Waals surface area contributed by atoms with Crippen LogP contribution in [0.25, 0.3) is 0 Å². The summed E-state index contributed by atoms with van der Waals surface area (Å²) in [5.74, 6) is 0.656. The van der Waals surface area contributed by atoms with Gasteiger partial charge in [-0.05, 0) is 35.5 Å². The first-order chi connectivity index (χ1) is 7.26. The van der Waals surface area contributed by atoms with E-state index in [0.29, 0.717) is 11.4 Å². The van der Waals surface area contributed by atoms with E-state index in [9.17, 15) is 4.57 Å². The van der Waals surface area contributed by atoms with Gasteiger partial charge in [0.25, 0.3) is 3.53 Å². The first-order valence-corrected chi connectivity index (χ1v) is 7.80. The second kappa shape index (κ2) is 5.24. The van der Waals surface area contributed by atoms with Crippen molar-refractivity contribution in [1.29, 1.82) is 0 Å². The Morgan fingerprint density at radius 1 is 1.25 bits per heavy atom. The number of alkyl halides is 3. The topological polar surface area (TPSA) is 38.3 Å². The lowest BCUT2D eigenvalue weighted by Crippen LogP contribution is -2.07. The lowest BCUT2D eigenvalue weighted by Gasteiger charge is -2.20. The molecule has 0 bridgehead atoms. The van der Waals surface area contributed by atoms with Crippen molar-refractivity contribution in [1.82, 2.24) is 0 Å². The Morgan fingerprint density at radius 2 is 1.75 bits per heavy atom. The van der Waals surface area contributed by atoms with Gasteiger partial charge in [0.1, 0.15) is 5.75 Å². The molecule has 8 heteroatoms. The molecule has 1 rings (SSSR count). The normalized spacial score (nSPS) is 15.3. The maximum atomic E-state index is 11.8. The highest BCUT2D eigenvalue weighted by Crippen LogP contribution is 2.68. The van der Waals surface area contributed by atoms with Crippen LogP contribution in [-0.2, 0) is 4.57 Å². The molecule has 16 heavy (non-hydrogen) atoms. The first-order valence-electron chi connectivity index (χ1n) is 4.05. The van der Waals surface area contributed by atoms with E-state index in [1.54, 1.807) is 24.3 Å². The first kappa shape index (κ1) is 14.3. The highest BCUT2D eigenvalue weighted by Gasteiger charge is 2.43. The smallest absolute Gasteiger partial charge is 0.305 e. The number of nitrogens with one attached hydrogen (secondary N) is 1. The van der Waals surface area contributed by atoms with Gasteiger partial charge in [0, 0.05) is 5.69 Å². The Hall–Kier alpha value is 0.210. The van der Waals surface area contributed by atoms with Gasteiger partial charge >= 0.3 is 6.65 Å². The van der Waals surface area contributed by atoms with Gasteiger partial charge in [-0.3, -0.25) is 4.57 Å². The second-order valence-electron chi connectivity index (χ2n) is 2.84. The Morgan fingerprint density at radius 3 is 2.12 bits per heavy atom. The summed E-state index contributed by atoms with van der Waals surface area (Å²) in [6.45, 7) is -3.64. The van der Waals surface area contributed by atoms with E-state index in [1.807, 2.05) is 0 Å². The number of rotatable bonds is 3. The van der Waals surface area contributed by atoms with Crippen molar-refractivity contribution in [3.63, 3.8) is 0 Å². The minimum absolute atomic E-state index is 0.477. The number of anilines is 1. The highest BCUT2D eigenvalue weighted by atomic mass is 35.7. The fourth-order valence-corrected chi connectivity index (χ4v) is 2.18. The molecular weight excluding hydrogens is 315 g/mol. The molecule has 1 aromatic carbocycles. The summed E-state index contributed by atoms with van der Waals surface area (Å²) in [4.78, 5) is 0. The number of ether oxygens (including phenoxy) is 1. The van der Waals surface area contributed by atoms with Crippen LogP contribution in [0.2, 0.25) is 0 Å². The fraction of sp³-hybridized carbons (Fsp3) is 0.250. The van der Waals surface area contributed by atoms with Crippen molar-refractivity contribution in [2.45, 2.75) is 3.53 Å². The summed E-state index contributed by atoms with van der Waals surface area (Å²) in [6, 6.07) is 6.56. The molecule has 0 aliphatic rings. The predicted molar refractivity (Wildman–Crippen MR) is 70.4 cm³/mol. The number of hydrogen-bond donors (Lipinski definition) is 1. The van der Waals surface area contributed by atoms with Crippen molar-refractivity contribution < 1.29 is 9.30 Å². The summed E-state index contributed by atoms with van der Waals surface area (Å²) in [5, 5.41) is 2.48. The molecule has 0 unspecified atom stereocenters. The predicted octanol–water partition coefficient (Wildman–Crippen LogP) is 4.87. The molecule has 0 aliphatic carbocycles. The van der Waals surface area contributed by atoms with E-state index in [2.05, 4.69) is 5.09 Å². The molecule has 0 radical (unpaired) electrons. The van der Waals surface area contributed by atoms with Crippen LogP contribution in [0.5, 0.6) is 5.75 Å². The quantitative estimate of drug-likeness (QED) is 0.637. The second-order valence-corrected chi connectivity index (χ2v) is 9.30. The van der Waals surface area contributed by atoms with Gasteiger partial charge in [-0.25, -0.2) is 0 Å². The minimum Gasteiger partial charge on any atom is -0.497 e. The average Bonchev–Trinajstić information content (AvgIpc) is 2.16. The summed E-state index contributed by atoms with van der Waals surface area (Å²) in [7, 11) is 1.54. The molecule has 0 heterocycles. The number of halogens is 4. The van der Waals surface area contributed by atoms with E-state index < -0.39 is 10.2 Å². The molecule has 0 saturated carbocycles. The minimum atomic E-state index is -3.64. The zero-order chi connectivity index (χ0) is 12.4. The Bertz CT molecular complexity index is 403. The number of methoxy groups -OCH3 is 1. The summed E-state index contributed by atoms with van der Waals surface area (Å²) in [6.07, 6.45) is 0.